The van der Waals surface area contributed by atoms with Crippen LogP contribution in [0.3, 0.4) is 0 Å². The third-order valence-corrected chi connectivity index (χ3v) is 5.18. The summed E-state index contributed by atoms with van der Waals surface area (Å²) in [6.07, 6.45) is 0.573. The van der Waals surface area contributed by atoms with Crippen LogP contribution in [0.25, 0.3) is 0 Å². The van der Waals surface area contributed by atoms with Crippen LogP contribution in [0.4, 0.5) is 13.6 Å². The zero-order valence-electron chi connectivity index (χ0n) is 14.2. The Morgan fingerprint density at radius 3 is 2.42 bits per heavy atom. The quantitative estimate of drug-likeness (QED) is 0.830. The lowest BCUT2D eigenvalue weighted by Crippen LogP contribution is -2.54. The Morgan fingerprint density at radius 2 is 1.88 bits per heavy atom. The van der Waals surface area contributed by atoms with Crippen LogP contribution in [0.5, 0.6) is 0 Å². The molecule has 1 N–H and O–H groups in total. The van der Waals surface area contributed by atoms with Gasteiger partial charge in [0.2, 0.25) is 0 Å². The average Bonchev–Trinajstić information content (AvgIpc) is 2.86. The van der Waals surface area contributed by atoms with E-state index in [0.29, 0.717) is 25.8 Å². The first-order valence-electron chi connectivity index (χ1n) is 8.35. The van der Waals surface area contributed by atoms with Gasteiger partial charge in [-0.25, -0.2) is 13.6 Å². The van der Waals surface area contributed by atoms with Crippen molar-refractivity contribution in [3.05, 3.63) is 0 Å². The molecule has 1 amide bonds. The van der Waals surface area contributed by atoms with Crippen molar-refractivity contribution >= 4 is 12.1 Å². The number of carbonyl (C=O) groups is 2. The van der Waals surface area contributed by atoms with Gasteiger partial charge in [0.15, 0.2) is 0 Å². The van der Waals surface area contributed by atoms with Crippen LogP contribution in [0.15, 0.2) is 0 Å². The van der Waals surface area contributed by atoms with Crippen molar-refractivity contribution in [2.75, 3.05) is 13.1 Å². The van der Waals surface area contributed by atoms with E-state index in [2.05, 4.69) is 0 Å². The van der Waals surface area contributed by atoms with Gasteiger partial charge >= 0.3 is 12.1 Å². The molecule has 6 nitrogen and oxygen atoms in total. The molecule has 1 aliphatic carbocycles. The van der Waals surface area contributed by atoms with Crippen LogP contribution < -0.4 is 0 Å². The highest BCUT2D eigenvalue weighted by molar-refractivity contribution is 5.71. The molecule has 3 rings (SSSR count). The summed E-state index contributed by atoms with van der Waals surface area (Å²) in [6, 6.07) is -1.74. The maximum Gasteiger partial charge on any atom is 0.410 e. The monoisotopic (exact) mass is 346 g/mol. The van der Waals surface area contributed by atoms with Crippen molar-refractivity contribution in [1.82, 2.24) is 9.80 Å². The number of nitrogens with zero attached hydrogens (tertiary/aromatic N) is 2. The third-order valence-electron chi connectivity index (χ3n) is 5.18. The van der Waals surface area contributed by atoms with Crippen LogP contribution >= 0.6 is 0 Å². The number of hydrogen-bond acceptors (Lipinski definition) is 4. The Labute approximate surface area is 139 Å². The van der Waals surface area contributed by atoms with Crippen molar-refractivity contribution in [2.24, 2.45) is 5.92 Å². The average molecular weight is 346 g/mol. The second-order valence-electron chi connectivity index (χ2n) is 8.07. The van der Waals surface area contributed by atoms with E-state index in [9.17, 15) is 18.4 Å². The van der Waals surface area contributed by atoms with Crippen molar-refractivity contribution < 1.29 is 28.2 Å². The minimum atomic E-state index is -3.01. The largest absolute Gasteiger partial charge is 0.481 e. The summed E-state index contributed by atoms with van der Waals surface area (Å²) in [6.45, 7) is 4.94. The number of ether oxygens (including phenoxy) is 1. The van der Waals surface area contributed by atoms with Gasteiger partial charge in [-0.05, 0) is 40.0 Å². The van der Waals surface area contributed by atoms with Crippen LogP contribution in [0.1, 0.15) is 40.0 Å². The van der Waals surface area contributed by atoms with Crippen molar-refractivity contribution in [3.63, 3.8) is 0 Å². The Morgan fingerprint density at radius 1 is 1.25 bits per heavy atom. The number of fused-ring (bicyclic) bond motifs is 1. The third kappa shape index (κ3) is 2.96. The zero-order valence-corrected chi connectivity index (χ0v) is 14.2. The van der Waals surface area contributed by atoms with E-state index < -0.39 is 48.1 Å². The van der Waals surface area contributed by atoms with E-state index in [1.54, 1.807) is 25.7 Å². The number of carboxylic acid groups (broad SMARTS) is 1. The van der Waals surface area contributed by atoms with Crippen LogP contribution in [0.2, 0.25) is 0 Å². The van der Waals surface area contributed by atoms with E-state index in [-0.39, 0.29) is 6.04 Å². The number of likely N-dealkylation sites (tertiary alicyclic amines) is 2. The number of aliphatic carboxylic acids is 1. The first kappa shape index (κ1) is 17.4. The molecule has 0 bridgehead atoms. The normalized spacial score (nSPS) is 35.5. The van der Waals surface area contributed by atoms with Crippen LogP contribution in [0, 0.1) is 5.92 Å². The molecule has 0 aromatic rings. The second kappa shape index (κ2) is 5.54. The molecule has 0 aromatic carbocycles. The number of carboxylic acids is 1. The van der Waals surface area contributed by atoms with Gasteiger partial charge in [-0.3, -0.25) is 14.6 Å². The molecular formula is C16H24F2N2O4. The molecule has 8 heteroatoms. The van der Waals surface area contributed by atoms with E-state index >= 15 is 0 Å². The number of carbonyl (C=O) groups excluding carboxylic acids is 1. The fourth-order valence-corrected chi connectivity index (χ4v) is 4.08. The lowest BCUT2D eigenvalue weighted by atomic mass is 9.79. The van der Waals surface area contributed by atoms with Crippen LogP contribution in [-0.2, 0) is 9.53 Å². The zero-order chi connectivity index (χ0) is 17.9. The molecule has 2 atom stereocenters. The molecule has 0 unspecified atom stereocenters. The molecule has 0 spiro atoms. The fourth-order valence-electron chi connectivity index (χ4n) is 4.08. The smallest absolute Gasteiger partial charge is 0.410 e. The lowest BCUT2D eigenvalue weighted by Gasteiger charge is -2.42. The Hall–Kier alpha value is -1.44. The standard InChI is InChI=1S/C16H24F2N2O4/c1-15(2,3)24-14(23)20-8-16(17,18)12-11(20)4-5-19(12)10-6-9(7-10)13(21)22/h9-12H,4-8H2,1-3H3,(H,21,22)/t9?,10?,11-,12+/m0/s1. The SMILES string of the molecule is CC(C)(C)OC(=O)N1CC(F)(F)[C@H]2[C@@H]1CCN2C1CC(C(=O)O)C1. The van der Waals surface area contributed by atoms with Gasteiger partial charge in [-0.15, -0.1) is 0 Å². The minimum Gasteiger partial charge on any atom is -0.481 e. The van der Waals surface area contributed by atoms with Gasteiger partial charge in [0, 0.05) is 12.6 Å². The lowest BCUT2D eigenvalue weighted by molar-refractivity contribution is -0.148. The number of alkyl halides is 2. The first-order valence-corrected chi connectivity index (χ1v) is 8.35. The molecule has 2 heterocycles. The van der Waals surface area contributed by atoms with Crippen molar-refractivity contribution in [3.8, 4) is 0 Å². The highest BCUT2D eigenvalue weighted by Crippen LogP contribution is 2.46. The predicted molar refractivity (Wildman–Crippen MR) is 80.9 cm³/mol. The number of rotatable bonds is 2. The first-order chi connectivity index (χ1) is 11.0. The van der Waals surface area contributed by atoms with E-state index in [4.69, 9.17) is 9.84 Å². The number of amides is 1. The Balaban J connectivity index is 1.71. The van der Waals surface area contributed by atoms with E-state index in [1.807, 2.05) is 0 Å². The van der Waals surface area contributed by atoms with E-state index in [0.717, 1.165) is 4.90 Å². The molecule has 2 aliphatic heterocycles. The summed E-state index contributed by atoms with van der Waals surface area (Å²) >= 11 is 0. The van der Waals surface area contributed by atoms with Crippen LogP contribution in [-0.4, -0.2) is 69.7 Å². The van der Waals surface area contributed by atoms with Gasteiger partial charge in [-0.1, -0.05) is 0 Å². The van der Waals surface area contributed by atoms with E-state index in [1.165, 1.54) is 0 Å². The van der Waals surface area contributed by atoms with Crippen molar-refractivity contribution in [1.29, 1.82) is 0 Å². The predicted octanol–water partition coefficient (Wildman–Crippen LogP) is 2.18. The summed E-state index contributed by atoms with van der Waals surface area (Å²) in [4.78, 5) is 26.1. The summed E-state index contributed by atoms with van der Waals surface area (Å²) in [5.41, 5.74) is -0.731. The second-order valence-corrected chi connectivity index (χ2v) is 8.07. The number of halogens is 2. The van der Waals surface area contributed by atoms with Gasteiger partial charge < -0.3 is 9.84 Å². The van der Waals surface area contributed by atoms with Gasteiger partial charge in [0.25, 0.3) is 5.92 Å². The summed E-state index contributed by atoms with van der Waals surface area (Å²) in [5.74, 6) is -4.31. The summed E-state index contributed by atoms with van der Waals surface area (Å²) < 4.78 is 34.4. The van der Waals surface area contributed by atoms with Gasteiger partial charge in [0.1, 0.15) is 5.60 Å². The van der Waals surface area contributed by atoms with Gasteiger partial charge in [0.05, 0.1) is 24.5 Å². The van der Waals surface area contributed by atoms with Gasteiger partial charge in [-0.2, -0.15) is 0 Å². The highest BCUT2D eigenvalue weighted by atomic mass is 19.3. The van der Waals surface area contributed by atoms with Crippen molar-refractivity contribution in [2.45, 2.75) is 69.7 Å². The molecular weight excluding hydrogens is 322 g/mol. The summed E-state index contributed by atoms with van der Waals surface area (Å²) in [5, 5.41) is 8.97. The maximum atomic E-state index is 14.6. The molecule has 3 aliphatic rings. The molecule has 3 fully saturated rings. The molecule has 0 radical (unpaired) electrons. The topological polar surface area (TPSA) is 70.1 Å². The molecule has 2 saturated heterocycles. The minimum absolute atomic E-state index is 0.134. The Kier molecular flexibility index (Phi) is 4.01. The highest BCUT2D eigenvalue weighted by Gasteiger charge is 2.63. The molecule has 136 valence electrons. The summed E-state index contributed by atoms with van der Waals surface area (Å²) in [7, 11) is 0. The molecule has 0 aromatic heterocycles. The molecule has 24 heavy (non-hydrogen) atoms. The Bertz CT molecular complexity index is 543. The maximum absolute atomic E-state index is 14.6. The fraction of sp³-hybridized carbons (Fsp3) is 0.875. The molecule has 1 saturated carbocycles. The number of hydrogen-bond donors (Lipinski definition) is 1.